The van der Waals surface area contributed by atoms with Gasteiger partial charge >= 0.3 is 0 Å². The molecule has 0 atom stereocenters. The van der Waals surface area contributed by atoms with Crippen LogP contribution in [0.3, 0.4) is 0 Å². The summed E-state index contributed by atoms with van der Waals surface area (Å²) in [4.78, 5) is 27.8. The predicted octanol–water partition coefficient (Wildman–Crippen LogP) is 4.02. The fourth-order valence-electron chi connectivity index (χ4n) is 2.57. The lowest BCUT2D eigenvalue weighted by Crippen LogP contribution is -2.18. The Morgan fingerprint density at radius 2 is 2.12 bits per heavy atom. The minimum atomic E-state index is -0.516. The van der Waals surface area contributed by atoms with Crippen molar-refractivity contribution in [2.75, 3.05) is 12.0 Å². The first-order chi connectivity index (χ1) is 12.5. The van der Waals surface area contributed by atoms with Gasteiger partial charge in [0.05, 0.1) is 15.1 Å². The Kier molecular flexibility index (Phi) is 5.53. The molecule has 3 aromatic rings. The molecule has 0 saturated carbocycles. The molecule has 1 aromatic heterocycles. The molecule has 3 rings (SSSR count). The molecule has 0 N–H and O–H groups in total. The molecule has 0 spiro atoms. The molecule has 26 heavy (non-hydrogen) atoms. The Bertz CT molecular complexity index is 1050. The van der Waals surface area contributed by atoms with Crippen molar-refractivity contribution in [3.63, 3.8) is 0 Å². The van der Waals surface area contributed by atoms with Crippen molar-refractivity contribution in [3.05, 3.63) is 68.5 Å². The molecule has 1 heterocycles. The van der Waals surface area contributed by atoms with Gasteiger partial charge in [-0.25, -0.2) is 0 Å². The van der Waals surface area contributed by atoms with E-state index in [9.17, 15) is 14.9 Å². The number of rotatable bonds is 5. The quantitative estimate of drug-likeness (QED) is 0.489. The van der Waals surface area contributed by atoms with Crippen LogP contribution in [-0.2, 0) is 6.54 Å². The summed E-state index contributed by atoms with van der Waals surface area (Å²) in [6, 6.07) is 11.8. The fraction of sp³-hybridized carbons (Fsp3) is 0.222. The van der Waals surface area contributed by atoms with Gasteiger partial charge in [-0.15, -0.1) is 0 Å². The number of nitrogens with zero attached hydrogens (tertiary/aromatic N) is 3. The molecule has 0 saturated heterocycles. The fourth-order valence-corrected chi connectivity index (χ4v) is 4.09. The third kappa shape index (κ3) is 3.86. The molecule has 0 radical (unpaired) electrons. The normalized spacial score (nSPS) is 11.8. The van der Waals surface area contributed by atoms with Crippen LogP contribution in [0.2, 0.25) is 0 Å². The minimum absolute atomic E-state index is 0.117. The first-order valence-corrected chi connectivity index (χ1v) is 10.1. The van der Waals surface area contributed by atoms with Crippen molar-refractivity contribution < 1.29 is 9.72 Å². The highest BCUT2D eigenvalue weighted by Gasteiger charge is 2.12. The lowest BCUT2D eigenvalue weighted by molar-refractivity contribution is -0.384. The highest BCUT2D eigenvalue weighted by atomic mass is 32.2. The second kappa shape index (κ2) is 7.84. The van der Waals surface area contributed by atoms with Crippen LogP contribution in [0.25, 0.3) is 10.2 Å². The summed E-state index contributed by atoms with van der Waals surface area (Å²) in [6.07, 6.45) is 2.03. The van der Waals surface area contributed by atoms with Gasteiger partial charge < -0.3 is 4.57 Å². The molecule has 2 aromatic carbocycles. The first-order valence-electron chi connectivity index (χ1n) is 7.92. The lowest BCUT2D eigenvalue weighted by atomic mass is 10.2. The molecule has 134 valence electrons. The van der Waals surface area contributed by atoms with Gasteiger partial charge in [0.2, 0.25) is 0 Å². The number of amides is 1. The third-order valence-corrected chi connectivity index (χ3v) is 5.49. The summed E-state index contributed by atoms with van der Waals surface area (Å²) in [5.74, 6) is 0.424. The standard InChI is InChI=1S/C18H17N3O3S2/c1-12-6-7-15-16(10-12)26-18(20(15)8-9-25-2)19-17(22)13-4-3-5-14(11-13)21(23)24/h3-7,10-11H,8-9H2,1-2H3. The number of carbonyl (C=O) groups excluding carboxylic acids is 1. The van der Waals surface area contributed by atoms with E-state index in [1.54, 1.807) is 17.8 Å². The average molecular weight is 387 g/mol. The minimum Gasteiger partial charge on any atom is -0.316 e. The van der Waals surface area contributed by atoms with Gasteiger partial charge in [-0.2, -0.15) is 16.8 Å². The van der Waals surface area contributed by atoms with Crippen LogP contribution in [-0.4, -0.2) is 27.4 Å². The number of thiazole rings is 1. The van der Waals surface area contributed by atoms with E-state index in [0.29, 0.717) is 4.80 Å². The summed E-state index contributed by atoms with van der Waals surface area (Å²) in [5, 5.41) is 10.9. The maximum absolute atomic E-state index is 12.6. The SMILES string of the molecule is CSCCn1c(=NC(=O)c2cccc([N+](=O)[O-])c2)sc2cc(C)ccc21. The van der Waals surface area contributed by atoms with E-state index in [0.717, 1.165) is 28.1 Å². The molecule has 1 amide bonds. The number of aryl methyl sites for hydroxylation is 2. The molecular weight excluding hydrogens is 370 g/mol. The Labute approximate surface area is 158 Å². The van der Waals surface area contributed by atoms with E-state index in [1.165, 1.54) is 29.5 Å². The number of hydrogen-bond donors (Lipinski definition) is 0. The highest BCUT2D eigenvalue weighted by Crippen LogP contribution is 2.20. The van der Waals surface area contributed by atoms with Gasteiger partial charge in [0.15, 0.2) is 4.80 Å². The summed E-state index contributed by atoms with van der Waals surface area (Å²) < 4.78 is 3.10. The van der Waals surface area contributed by atoms with Crippen LogP contribution < -0.4 is 4.80 Å². The maximum atomic E-state index is 12.6. The number of nitro groups is 1. The zero-order valence-corrected chi connectivity index (χ0v) is 16.0. The lowest BCUT2D eigenvalue weighted by Gasteiger charge is -2.04. The second-order valence-electron chi connectivity index (χ2n) is 5.72. The Morgan fingerprint density at radius 3 is 2.85 bits per heavy atom. The van der Waals surface area contributed by atoms with Crippen molar-refractivity contribution in [2.45, 2.75) is 13.5 Å². The molecule has 6 nitrogen and oxygen atoms in total. The van der Waals surface area contributed by atoms with Crippen molar-refractivity contribution in [1.82, 2.24) is 4.57 Å². The van der Waals surface area contributed by atoms with Crippen LogP contribution in [0.1, 0.15) is 15.9 Å². The first kappa shape index (κ1) is 18.3. The topological polar surface area (TPSA) is 77.5 Å². The number of nitro benzene ring substituents is 1. The predicted molar refractivity (Wildman–Crippen MR) is 106 cm³/mol. The van der Waals surface area contributed by atoms with Crippen molar-refractivity contribution in [1.29, 1.82) is 0 Å². The van der Waals surface area contributed by atoms with Crippen molar-refractivity contribution in [3.8, 4) is 0 Å². The number of carbonyl (C=O) groups is 1. The molecular formula is C18H17N3O3S2. The van der Waals surface area contributed by atoms with Gasteiger partial charge in [-0.05, 0) is 36.9 Å². The molecule has 0 aliphatic heterocycles. The summed E-state index contributed by atoms with van der Waals surface area (Å²) in [7, 11) is 0. The number of fused-ring (bicyclic) bond motifs is 1. The zero-order valence-electron chi connectivity index (χ0n) is 14.3. The van der Waals surface area contributed by atoms with Gasteiger partial charge in [-0.3, -0.25) is 14.9 Å². The van der Waals surface area contributed by atoms with Crippen LogP contribution in [0.4, 0.5) is 5.69 Å². The molecule has 0 fully saturated rings. The average Bonchev–Trinajstić information content (AvgIpc) is 2.95. The molecule has 0 bridgehead atoms. The Balaban J connectivity index is 2.09. The summed E-state index contributed by atoms with van der Waals surface area (Å²) in [6.45, 7) is 2.77. The summed E-state index contributed by atoms with van der Waals surface area (Å²) >= 11 is 3.18. The van der Waals surface area contributed by atoms with Crippen molar-refractivity contribution in [2.24, 2.45) is 4.99 Å². The van der Waals surface area contributed by atoms with Crippen LogP contribution in [0.15, 0.2) is 47.5 Å². The van der Waals surface area contributed by atoms with Gasteiger partial charge in [0, 0.05) is 30.0 Å². The monoisotopic (exact) mass is 387 g/mol. The molecule has 0 unspecified atom stereocenters. The second-order valence-corrected chi connectivity index (χ2v) is 7.72. The van der Waals surface area contributed by atoms with Crippen molar-refractivity contribution >= 4 is 44.9 Å². The van der Waals surface area contributed by atoms with Crippen LogP contribution >= 0.6 is 23.1 Å². The molecule has 0 aliphatic rings. The van der Waals surface area contributed by atoms with E-state index in [2.05, 4.69) is 11.1 Å². The zero-order chi connectivity index (χ0) is 18.7. The number of aromatic nitrogens is 1. The van der Waals surface area contributed by atoms with E-state index >= 15 is 0 Å². The summed E-state index contributed by atoms with van der Waals surface area (Å²) in [5.41, 5.74) is 2.28. The Morgan fingerprint density at radius 1 is 1.31 bits per heavy atom. The molecule has 8 heteroatoms. The number of thioether (sulfide) groups is 1. The van der Waals surface area contributed by atoms with E-state index in [1.807, 2.05) is 29.9 Å². The number of non-ortho nitro benzene ring substituents is 1. The van der Waals surface area contributed by atoms with Gasteiger partial charge in [0.1, 0.15) is 0 Å². The maximum Gasteiger partial charge on any atom is 0.279 e. The van der Waals surface area contributed by atoms with E-state index in [4.69, 9.17) is 0 Å². The molecule has 0 aliphatic carbocycles. The van der Waals surface area contributed by atoms with Crippen LogP contribution in [0.5, 0.6) is 0 Å². The van der Waals surface area contributed by atoms with Gasteiger partial charge in [0.25, 0.3) is 11.6 Å². The Hall–Kier alpha value is -2.45. The van der Waals surface area contributed by atoms with E-state index in [-0.39, 0.29) is 11.3 Å². The largest absolute Gasteiger partial charge is 0.316 e. The highest BCUT2D eigenvalue weighted by molar-refractivity contribution is 7.98. The smallest absolute Gasteiger partial charge is 0.279 e. The van der Waals surface area contributed by atoms with E-state index < -0.39 is 10.8 Å². The van der Waals surface area contributed by atoms with Gasteiger partial charge in [-0.1, -0.05) is 23.5 Å². The van der Waals surface area contributed by atoms with Crippen LogP contribution in [0, 0.1) is 17.0 Å². The number of hydrogen-bond acceptors (Lipinski definition) is 5. The third-order valence-electron chi connectivity index (χ3n) is 3.86. The number of benzene rings is 2.